The fraction of sp³-hybridized carbons (Fsp3) is 0.611. The van der Waals surface area contributed by atoms with Crippen LogP contribution in [0.1, 0.15) is 44.7 Å². The molecule has 1 aliphatic rings. The van der Waals surface area contributed by atoms with Gasteiger partial charge in [0.05, 0.1) is 18.3 Å². The highest BCUT2D eigenvalue weighted by Crippen LogP contribution is 2.25. The minimum absolute atomic E-state index is 0. The maximum absolute atomic E-state index is 12.1. The van der Waals surface area contributed by atoms with Crippen LogP contribution in [0.25, 0.3) is 0 Å². The van der Waals surface area contributed by atoms with Crippen molar-refractivity contribution in [1.82, 2.24) is 15.4 Å². The predicted molar refractivity (Wildman–Crippen MR) is 126 cm³/mol. The van der Waals surface area contributed by atoms with Gasteiger partial charge in [0.2, 0.25) is 10.0 Å². The molecule has 0 aliphatic heterocycles. The third-order valence-electron chi connectivity index (χ3n) is 4.52. The summed E-state index contributed by atoms with van der Waals surface area (Å²) in [6.45, 7) is 5.52. The van der Waals surface area contributed by atoms with E-state index in [1.165, 1.54) is 6.42 Å². The largest absolute Gasteiger partial charge is 0.357 e. The Morgan fingerprint density at radius 2 is 2.04 bits per heavy atom. The average Bonchev–Trinajstić information content (AvgIpc) is 2.53. The summed E-state index contributed by atoms with van der Waals surface area (Å²) in [6, 6.07) is 8.04. The van der Waals surface area contributed by atoms with Gasteiger partial charge in [-0.25, -0.2) is 13.1 Å². The molecule has 0 saturated heterocycles. The Bertz CT molecular complexity index is 711. The zero-order valence-electron chi connectivity index (χ0n) is 15.9. The van der Waals surface area contributed by atoms with Crippen molar-refractivity contribution in [1.29, 1.82) is 0 Å². The Morgan fingerprint density at radius 1 is 1.33 bits per heavy atom. The molecule has 1 fully saturated rings. The van der Waals surface area contributed by atoms with Gasteiger partial charge >= 0.3 is 0 Å². The van der Waals surface area contributed by atoms with Gasteiger partial charge in [-0.05, 0) is 44.2 Å². The van der Waals surface area contributed by atoms with Gasteiger partial charge in [-0.1, -0.05) is 40.5 Å². The van der Waals surface area contributed by atoms with E-state index >= 15 is 0 Å². The number of nitrogens with zero attached hydrogens (tertiary/aromatic N) is 1. The number of rotatable bonds is 9. The lowest BCUT2D eigenvalue weighted by Crippen LogP contribution is -2.39. The Labute approximate surface area is 188 Å². The Morgan fingerprint density at radius 3 is 2.63 bits per heavy atom. The fourth-order valence-electron chi connectivity index (χ4n) is 2.72. The molecule has 0 radical (unpaired) electrons. The summed E-state index contributed by atoms with van der Waals surface area (Å²) < 4.78 is 27.9. The number of hydrogen-bond donors (Lipinski definition) is 3. The molecule has 1 atom stereocenters. The normalized spacial score (nSPS) is 16.2. The van der Waals surface area contributed by atoms with Crippen molar-refractivity contribution in [3.63, 3.8) is 0 Å². The highest BCUT2D eigenvalue weighted by Gasteiger charge is 2.20. The van der Waals surface area contributed by atoms with Crippen LogP contribution in [0.3, 0.4) is 0 Å². The molecule has 0 amide bonds. The second kappa shape index (κ2) is 12.2. The van der Waals surface area contributed by atoms with Crippen molar-refractivity contribution >= 4 is 55.9 Å². The molecule has 2 rings (SSSR count). The second-order valence-electron chi connectivity index (χ2n) is 6.61. The van der Waals surface area contributed by atoms with Crippen LogP contribution in [0.15, 0.2) is 33.7 Å². The molecule has 9 heteroatoms. The summed E-state index contributed by atoms with van der Waals surface area (Å²) in [5, 5.41) is 6.49. The predicted octanol–water partition coefficient (Wildman–Crippen LogP) is 3.40. The van der Waals surface area contributed by atoms with Crippen molar-refractivity contribution in [2.75, 3.05) is 25.4 Å². The molecule has 3 N–H and O–H groups in total. The number of hydrogen-bond acceptors (Lipinski definition) is 3. The van der Waals surface area contributed by atoms with Gasteiger partial charge in [-0.2, -0.15) is 0 Å². The van der Waals surface area contributed by atoms with E-state index in [-0.39, 0.29) is 42.3 Å². The Kier molecular flexibility index (Phi) is 11.2. The van der Waals surface area contributed by atoms with Gasteiger partial charge < -0.3 is 10.6 Å². The zero-order valence-corrected chi connectivity index (χ0v) is 20.6. The Hall–Kier alpha value is -0.390. The van der Waals surface area contributed by atoms with Gasteiger partial charge in [-0.3, -0.25) is 4.99 Å². The van der Waals surface area contributed by atoms with Gasteiger partial charge in [0, 0.05) is 17.6 Å². The van der Waals surface area contributed by atoms with E-state index in [9.17, 15) is 8.42 Å². The summed E-state index contributed by atoms with van der Waals surface area (Å²) >= 11 is 3.56. The van der Waals surface area contributed by atoms with Crippen molar-refractivity contribution in [2.45, 2.75) is 39.2 Å². The summed E-state index contributed by atoms with van der Waals surface area (Å²) in [5.74, 6) is 1.13. The molecule has 0 bridgehead atoms. The van der Waals surface area contributed by atoms with Crippen LogP contribution in [0.5, 0.6) is 0 Å². The minimum Gasteiger partial charge on any atom is -0.357 e. The van der Waals surface area contributed by atoms with E-state index in [2.05, 4.69) is 36.3 Å². The van der Waals surface area contributed by atoms with E-state index in [0.29, 0.717) is 25.0 Å². The van der Waals surface area contributed by atoms with Gasteiger partial charge in [0.25, 0.3) is 0 Å². The van der Waals surface area contributed by atoms with E-state index in [4.69, 9.17) is 0 Å². The first kappa shape index (κ1) is 24.6. The molecular formula is C18H30BrIN4O2S. The summed E-state index contributed by atoms with van der Waals surface area (Å²) in [5.41, 5.74) is 1.12. The number of benzene rings is 1. The van der Waals surface area contributed by atoms with E-state index in [1.807, 2.05) is 38.1 Å². The molecule has 0 heterocycles. The molecule has 6 nitrogen and oxygen atoms in total. The minimum atomic E-state index is -3.27. The van der Waals surface area contributed by atoms with Crippen molar-refractivity contribution in [3.05, 3.63) is 34.3 Å². The SMILES string of the molecule is CCNC(=NCCS(=O)(=O)NCC1CCC1)NC(C)c1ccccc1Br.I. The van der Waals surface area contributed by atoms with E-state index in [0.717, 1.165) is 22.9 Å². The molecule has 1 saturated carbocycles. The smallest absolute Gasteiger partial charge is 0.213 e. The third kappa shape index (κ3) is 8.66. The molecule has 1 aromatic carbocycles. The number of sulfonamides is 1. The number of guanidine groups is 1. The summed E-state index contributed by atoms with van der Waals surface area (Å²) in [6.07, 6.45) is 3.47. The van der Waals surface area contributed by atoms with Crippen LogP contribution in [0.4, 0.5) is 0 Å². The molecule has 1 aromatic rings. The van der Waals surface area contributed by atoms with Gasteiger partial charge in [0.15, 0.2) is 5.96 Å². The topological polar surface area (TPSA) is 82.6 Å². The fourth-order valence-corrected chi connectivity index (χ4v) is 4.31. The average molecular weight is 573 g/mol. The third-order valence-corrected chi connectivity index (χ3v) is 6.56. The maximum Gasteiger partial charge on any atom is 0.213 e. The van der Waals surface area contributed by atoms with Crippen molar-refractivity contribution < 1.29 is 8.42 Å². The van der Waals surface area contributed by atoms with E-state index in [1.54, 1.807) is 0 Å². The number of nitrogens with one attached hydrogen (secondary N) is 3. The standard InChI is InChI=1S/C18H29BrN4O2S.HI/c1-3-20-18(23-14(2)16-9-4-5-10-17(16)19)21-11-12-26(24,25)22-13-15-7-6-8-15;/h4-5,9-10,14-15,22H,3,6-8,11-13H2,1-2H3,(H2,20,21,23);1H. The highest BCUT2D eigenvalue weighted by molar-refractivity contribution is 14.0. The van der Waals surface area contributed by atoms with Crippen LogP contribution in [0, 0.1) is 5.92 Å². The lowest BCUT2D eigenvalue weighted by Gasteiger charge is -2.25. The zero-order chi connectivity index (χ0) is 19.0. The van der Waals surface area contributed by atoms with Crippen LogP contribution in [-0.2, 0) is 10.0 Å². The molecule has 1 aliphatic carbocycles. The maximum atomic E-state index is 12.1. The van der Waals surface area contributed by atoms with E-state index < -0.39 is 10.0 Å². The summed E-state index contributed by atoms with van der Waals surface area (Å²) in [4.78, 5) is 4.42. The first-order valence-corrected chi connectivity index (χ1v) is 11.6. The molecule has 0 spiro atoms. The lowest BCUT2D eigenvalue weighted by molar-refractivity contribution is 0.316. The number of aliphatic imine (C=N–C) groups is 1. The highest BCUT2D eigenvalue weighted by atomic mass is 127. The van der Waals surface area contributed by atoms with Crippen LogP contribution in [-0.4, -0.2) is 39.8 Å². The van der Waals surface area contributed by atoms with Gasteiger partial charge in [0.1, 0.15) is 0 Å². The molecule has 154 valence electrons. The second-order valence-corrected chi connectivity index (χ2v) is 9.39. The Balaban J connectivity index is 0.00000364. The first-order chi connectivity index (χ1) is 12.4. The lowest BCUT2D eigenvalue weighted by atomic mass is 9.86. The molecule has 27 heavy (non-hydrogen) atoms. The summed E-state index contributed by atoms with van der Waals surface area (Å²) in [7, 11) is -3.27. The first-order valence-electron chi connectivity index (χ1n) is 9.18. The number of halogens is 2. The molecule has 0 aromatic heterocycles. The van der Waals surface area contributed by atoms with Crippen LogP contribution >= 0.6 is 39.9 Å². The quantitative estimate of drug-likeness (QED) is 0.241. The van der Waals surface area contributed by atoms with Crippen molar-refractivity contribution in [3.8, 4) is 0 Å². The molecule has 1 unspecified atom stereocenters. The monoisotopic (exact) mass is 572 g/mol. The molecular weight excluding hydrogens is 543 g/mol. The van der Waals surface area contributed by atoms with Crippen LogP contribution < -0.4 is 15.4 Å². The van der Waals surface area contributed by atoms with Crippen LogP contribution in [0.2, 0.25) is 0 Å². The van der Waals surface area contributed by atoms with Crippen molar-refractivity contribution in [2.24, 2.45) is 10.9 Å². The van der Waals surface area contributed by atoms with Gasteiger partial charge in [-0.15, -0.1) is 24.0 Å².